The molecule has 0 aliphatic heterocycles. The van der Waals surface area contributed by atoms with Gasteiger partial charge in [-0.05, 0) is 28.3 Å². The molecule has 1 N–H and O–H groups in total. The maximum Gasteiger partial charge on any atom is 0.0739 e. The standard InChI is InChI=1S/C11H19BrClN3/c1-8-10(12)9(16(4)15-8)5-14-7-11(2,3)6-13/h14H,5-7H2,1-4H3. The van der Waals surface area contributed by atoms with Gasteiger partial charge in [0.25, 0.3) is 0 Å². The van der Waals surface area contributed by atoms with Crippen LogP contribution < -0.4 is 5.32 Å². The van der Waals surface area contributed by atoms with E-state index < -0.39 is 0 Å². The fraction of sp³-hybridized carbons (Fsp3) is 0.727. The highest BCUT2D eigenvalue weighted by molar-refractivity contribution is 9.10. The van der Waals surface area contributed by atoms with Crippen LogP contribution in [0, 0.1) is 12.3 Å². The van der Waals surface area contributed by atoms with Gasteiger partial charge in [0, 0.05) is 26.0 Å². The number of nitrogens with zero attached hydrogens (tertiary/aromatic N) is 2. The molecule has 16 heavy (non-hydrogen) atoms. The summed E-state index contributed by atoms with van der Waals surface area (Å²) in [6, 6.07) is 0. The lowest BCUT2D eigenvalue weighted by Crippen LogP contribution is -2.31. The predicted molar refractivity (Wildman–Crippen MR) is 71.9 cm³/mol. The quantitative estimate of drug-likeness (QED) is 0.848. The molecule has 92 valence electrons. The summed E-state index contributed by atoms with van der Waals surface area (Å²) in [6.45, 7) is 7.99. The second-order valence-corrected chi connectivity index (χ2v) is 5.93. The minimum Gasteiger partial charge on any atom is -0.311 e. The first-order valence-electron chi connectivity index (χ1n) is 5.32. The Morgan fingerprint density at radius 2 is 2.12 bits per heavy atom. The summed E-state index contributed by atoms with van der Waals surface area (Å²) < 4.78 is 2.99. The van der Waals surface area contributed by atoms with E-state index in [-0.39, 0.29) is 5.41 Å². The normalized spacial score (nSPS) is 12.1. The fourth-order valence-electron chi connectivity index (χ4n) is 1.44. The zero-order chi connectivity index (χ0) is 12.3. The molecule has 0 amide bonds. The van der Waals surface area contributed by atoms with E-state index in [2.05, 4.69) is 40.2 Å². The van der Waals surface area contributed by atoms with Crippen LogP contribution in [0.25, 0.3) is 0 Å². The third kappa shape index (κ3) is 3.47. The number of aryl methyl sites for hydroxylation is 2. The van der Waals surface area contributed by atoms with E-state index in [4.69, 9.17) is 11.6 Å². The topological polar surface area (TPSA) is 29.9 Å². The fourth-order valence-corrected chi connectivity index (χ4v) is 2.01. The zero-order valence-electron chi connectivity index (χ0n) is 10.3. The molecule has 0 fully saturated rings. The summed E-state index contributed by atoms with van der Waals surface area (Å²) in [5.74, 6) is 0.658. The van der Waals surface area contributed by atoms with Crippen LogP contribution in [0.5, 0.6) is 0 Å². The minimum atomic E-state index is 0.127. The second kappa shape index (κ2) is 5.52. The van der Waals surface area contributed by atoms with Gasteiger partial charge in [-0.1, -0.05) is 13.8 Å². The summed E-state index contributed by atoms with van der Waals surface area (Å²) in [6.07, 6.45) is 0. The average molecular weight is 309 g/mol. The Morgan fingerprint density at radius 1 is 1.50 bits per heavy atom. The van der Waals surface area contributed by atoms with Gasteiger partial charge in [-0.25, -0.2) is 0 Å². The van der Waals surface area contributed by atoms with Gasteiger partial charge in [0.2, 0.25) is 0 Å². The molecule has 1 aromatic rings. The van der Waals surface area contributed by atoms with Crippen LogP contribution >= 0.6 is 27.5 Å². The molecule has 0 radical (unpaired) electrons. The van der Waals surface area contributed by atoms with Crippen molar-refractivity contribution in [1.29, 1.82) is 0 Å². The maximum atomic E-state index is 5.87. The van der Waals surface area contributed by atoms with Crippen molar-refractivity contribution in [2.24, 2.45) is 12.5 Å². The van der Waals surface area contributed by atoms with E-state index in [1.165, 1.54) is 5.69 Å². The summed E-state index contributed by atoms with van der Waals surface area (Å²) in [5, 5.41) is 7.76. The van der Waals surface area contributed by atoms with Crippen molar-refractivity contribution < 1.29 is 0 Å². The van der Waals surface area contributed by atoms with Gasteiger partial charge in [-0.2, -0.15) is 5.10 Å². The maximum absolute atomic E-state index is 5.87. The van der Waals surface area contributed by atoms with Crippen LogP contribution in [0.1, 0.15) is 25.2 Å². The molecule has 1 rings (SSSR count). The monoisotopic (exact) mass is 307 g/mol. The summed E-state index contributed by atoms with van der Waals surface area (Å²) in [7, 11) is 1.96. The number of hydrogen-bond acceptors (Lipinski definition) is 2. The van der Waals surface area contributed by atoms with E-state index in [1.807, 2.05) is 18.7 Å². The lowest BCUT2D eigenvalue weighted by Gasteiger charge is -2.21. The second-order valence-electron chi connectivity index (χ2n) is 4.87. The van der Waals surface area contributed by atoms with E-state index in [0.29, 0.717) is 5.88 Å². The molecular weight excluding hydrogens is 289 g/mol. The zero-order valence-corrected chi connectivity index (χ0v) is 12.6. The number of rotatable bonds is 5. The molecule has 0 saturated carbocycles. The first kappa shape index (κ1) is 14.0. The molecular formula is C11H19BrClN3. The molecule has 1 aromatic heterocycles. The van der Waals surface area contributed by atoms with Crippen LogP contribution in [0.4, 0.5) is 0 Å². The van der Waals surface area contributed by atoms with Crippen molar-refractivity contribution in [3.63, 3.8) is 0 Å². The van der Waals surface area contributed by atoms with Crippen molar-refractivity contribution in [1.82, 2.24) is 15.1 Å². The van der Waals surface area contributed by atoms with Crippen LogP contribution in [0.2, 0.25) is 0 Å². The summed E-state index contributed by atoms with van der Waals surface area (Å²) >= 11 is 9.42. The highest BCUT2D eigenvalue weighted by atomic mass is 79.9. The largest absolute Gasteiger partial charge is 0.311 e. The van der Waals surface area contributed by atoms with E-state index in [9.17, 15) is 0 Å². The summed E-state index contributed by atoms with van der Waals surface area (Å²) in [5.41, 5.74) is 2.32. The molecule has 0 aliphatic rings. The van der Waals surface area contributed by atoms with Gasteiger partial charge in [-0.3, -0.25) is 4.68 Å². The van der Waals surface area contributed by atoms with Gasteiger partial charge >= 0.3 is 0 Å². The van der Waals surface area contributed by atoms with Crippen molar-refractivity contribution in [2.45, 2.75) is 27.3 Å². The van der Waals surface area contributed by atoms with Gasteiger partial charge in [0.15, 0.2) is 0 Å². The molecule has 0 bridgehead atoms. The molecule has 3 nitrogen and oxygen atoms in total. The average Bonchev–Trinajstić information content (AvgIpc) is 2.44. The van der Waals surface area contributed by atoms with Crippen LogP contribution in [-0.4, -0.2) is 22.2 Å². The Labute approximate surface area is 111 Å². The summed E-state index contributed by atoms with van der Waals surface area (Å²) in [4.78, 5) is 0. The predicted octanol–water partition coefficient (Wildman–Crippen LogP) is 2.85. The van der Waals surface area contributed by atoms with E-state index in [1.54, 1.807) is 0 Å². The first-order valence-corrected chi connectivity index (χ1v) is 6.65. The Morgan fingerprint density at radius 3 is 2.56 bits per heavy atom. The third-order valence-corrected chi connectivity index (χ3v) is 4.27. The number of halogens is 2. The van der Waals surface area contributed by atoms with Crippen molar-refractivity contribution >= 4 is 27.5 Å². The molecule has 0 spiro atoms. The highest BCUT2D eigenvalue weighted by Gasteiger charge is 2.16. The van der Waals surface area contributed by atoms with Crippen LogP contribution in [-0.2, 0) is 13.6 Å². The Balaban J connectivity index is 2.55. The first-order chi connectivity index (χ1) is 7.37. The molecule has 0 aliphatic carbocycles. The lowest BCUT2D eigenvalue weighted by molar-refractivity contribution is 0.382. The third-order valence-electron chi connectivity index (χ3n) is 2.52. The minimum absolute atomic E-state index is 0.127. The number of nitrogens with one attached hydrogen (secondary N) is 1. The van der Waals surface area contributed by atoms with Crippen molar-refractivity contribution in [2.75, 3.05) is 12.4 Å². The Bertz CT molecular complexity index is 360. The Hall–Kier alpha value is -0.0600. The van der Waals surface area contributed by atoms with Gasteiger partial charge in [0.05, 0.1) is 15.9 Å². The smallest absolute Gasteiger partial charge is 0.0739 e. The molecule has 0 aromatic carbocycles. The molecule has 0 atom stereocenters. The van der Waals surface area contributed by atoms with E-state index in [0.717, 1.165) is 23.3 Å². The van der Waals surface area contributed by atoms with Crippen molar-refractivity contribution in [3.05, 3.63) is 15.9 Å². The number of alkyl halides is 1. The van der Waals surface area contributed by atoms with Crippen LogP contribution in [0.3, 0.4) is 0 Å². The molecule has 0 unspecified atom stereocenters. The molecule has 0 saturated heterocycles. The van der Waals surface area contributed by atoms with Gasteiger partial charge in [-0.15, -0.1) is 11.6 Å². The number of aromatic nitrogens is 2. The lowest BCUT2D eigenvalue weighted by atomic mass is 9.96. The van der Waals surface area contributed by atoms with E-state index >= 15 is 0 Å². The molecule has 5 heteroatoms. The van der Waals surface area contributed by atoms with Gasteiger partial charge in [0.1, 0.15) is 0 Å². The Kier molecular flexibility index (Phi) is 4.83. The van der Waals surface area contributed by atoms with Crippen LogP contribution in [0.15, 0.2) is 4.47 Å². The number of hydrogen-bond donors (Lipinski definition) is 1. The van der Waals surface area contributed by atoms with Crippen molar-refractivity contribution in [3.8, 4) is 0 Å². The highest BCUT2D eigenvalue weighted by Crippen LogP contribution is 2.20. The molecule has 1 heterocycles. The van der Waals surface area contributed by atoms with Gasteiger partial charge < -0.3 is 5.32 Å². The SMILES string of the molecule is Cc1nn(C)c(CNCC(C)(C)CCl)c1Br.